The average molecular weight is 262 g/mol. The van der Waals surface area contributed by atoms with Crippen LogP contribution in [0.4, 0.5) is 10.1 Å². The van der Waals surface area contributed by atoms with Crippen LogP contribution in [0.15, 0.2) is 18.2 Å². The largest absolute Gasteiger partial charge is 0.469 e. The Bertz CT molecular complexity index is 525. The van der Waals surface area contributed by atoms with Crippen LogP contribution in [0.25, 0.3) is 0 Å². The molecule has 1 aromatic rings. The fourth-order valence-corrected chi connectivity index (χ4v) is 2.44. The van der Waals surface area contributed by atoms with E-state index in [-0.39, 0.29) is 17.5 Å². The van der Waals surface area contributed by atoms with Crippen LogP contribution in [0.5, 0.6) is 0 Å². The summed E-state index contributed by atoms with van der Waals surface area (Å²) >= 11 is 0. The Morgan fingerprint density at radius 2 is 2.37 bits per heavy atom. The lowest BCUT2D eigenvalue weighted by Crippen LogP contribution is -2.39. The number of esters is 1. The predicted molar refractivity (Wildman–Crippen MR) is 68.1 cm³/mol. The van der Waals surface area contributed by atoms with E-state index in [9.17, 15) is 9.18 Å². The number of hydrogen-bond donors (Lipinski definition) is 0. The van der Waals surface area contributed by atoms with Crippen LogP contribution in [0, 0.1) is 23.1 Å². The number of rotatable bonds is 2. The number of nitriles is 1. The highest BCUT2D eigenvalue weighted by Crippen LogP contribution is 2.27. The molecule has 0 amide bonds. The second-order valence-corrected chi connectivity index (χ2v) is 4.55. The maximum Gasteiger partial charge on any atom is 0.310 e. The van der Waals surface area contributed by atoms with Gasteiger partial charge >= 0.3 is 5.97 Å². The van der Waals surface area contributed by atoms with Gasteiger partial charge in [0.2, 0.25) is 0 Å². The zero-order valence-electron chi connectivity index (χ0n) is 10.7. The van der Waals surface area contributed by atoms with Crippen molar-refractivity contribution in [2.75, 3.05) is 25.1 Å². The summed E-state index contributed by atoms with van der Waals surface area (Å²) < 4.78 is 18.3. The normalized spacial score (nSPS) is 18.8. The Labute approximate surface area is 111 Å². The first-order valence-electron chi connectivity index (χ1n) is 6.18. The molecule has 4 nitrogen and oxygen atoms in total. The minimum atomic E-state index is -0.528. The smallest absolute Gasteiger partial charge is 0.310 e. The van der Waals surface area contributed by atoms with Crippen molar-refractivity contribution < 1.29 is 13.9 Å². The van der Waals surface area contributed by atoms with Crippen molar-refractivity contribution in [3.8, 4) is 6.07 Å². The van der Waals surface area contributed by atoms with Gasteiger partial charge in [-0.3, -0.25) is 4.79 Å². The van der Waals surface area contributed by atoms with Crippen molar-refractivity contribution in [3.05, 3.63) is 29.6 Å². The molecule has 1 aliphatic rings. The minimum Gasteiger partial charge on any atom is -0.469 e. The highest BCUT2D eigenvalue weighted by Gasteiger charge is 2.28. The van der Waals surface area contributed by atoms with Crippen molar-refractivity contribution in [2.24, 2.45) is 5.92 Å². The number of methoxy groups -OCH3 is 1. The lowest BCUT2D eigenvalue weighted by Gasteiger charge is -2.33. The fourth-order valence-electron chi connectivity index (χ4n) is 2.44. The Morgan fingerprint density at radius 3 is 3.05 bits per heavy atom. The Kier molecular flexibility index (Phi) is 4.00. The van der Waals surface area contributed by atoms with Crippen LogP contribution in [-0.2, 0) is 9.53 Å². The van der Waals surface area contributed by atoms with E-state index in [1.807, 2.05) is 11.0 Å². The molecule has 0 aliphatic carbocycles. The van der Waals surface area contributed by atoms with Gasteiger partial charge in [-0.25, -0.2) is 4.39 Å². The van der Waals surface area contributed by atoms with E-state index < -0.39 is 5.82 Å². The Balaban J connectivity index is 2.25. The molecule has 1 aliphatic heterocycles. The lowest BCUT2D eigenvalue weighted by molar-refractivity contribution is -0.145. The summed E-state index contributed by atoms with van der Waals surface area (Å²) in [6.45, 7) is 1.18. The molecule has 100 valence electrons. The zero-order valence-corrected chi connectivity index (χ0v) is 10.7. The molecule has 1 unspecified atom stereocenters. The summed E-state index contributed by atoms with van der Waals surface area (Å²) in [6, 6.07) is 6.44. The molecule has 0 saturated carbocycles. The molecule has 0 bridgehead atoms. The maximum atomic E-state index is 13.6. The monoisotopic (exact) mass is 262 g/mol. The van der Waals surface area contributed by atoms with Gasteiger partial charge < -0.3 is 9.64 Å². The molecule has 0 aromatic heterocycles. The molecular formula is C14H15FN2O2. The van der Waals surface area contributed by atoms with E-state index in [0.29, 0.717) is 18.8 Å². The number of halogens is 1. The second kappa shape index (κ2) is 5.70. The number of piperidine rings is 1. The van der Waals surface area contributed by atoms with Crippen molar-refractivity contribution >= 4 is 11.7 Å². The van der Waals surface area contributed by atoms with Crippen LogP contribution < -0.4 is 4.90 Å². The first kappa shape index (κ1) is 13.3. The van der Waals surface area contributed by atoms with Gasteiger partial charge in [0.15, 0.2) is 0 Å². The number of ether oxygens (including phenoxy) is 1. The third-order valence-electron chi connectivity index (χ3n) is 3.40. The van der Waals surface area contributed by atoms with Gasteiger partial charge in [0.1, 0.15) is 17.4 Å². The topological polar surface area (TPSA) is 53.3 Å². The second-order valence-electron chi connectivity index (χ2n) is 4.55. The zero-order chi connectivity index (χ0) is 13.8. The summed E-state index contributed by atoms with van der Waals surface area (Å²) in [6.07, 6.45) is 1.58. The molecular weight excluding hydrogens is 247 g/mol. The van der Waals surface area contributed by atoms with Crippen molar-refractivity contribution in [1.82, 2.24) is 0 Å². The average Bonchev–Trinajstić information content (AvgIpc) is 2.46. The van der Waals surface area contributed by atoms with Gasteiger partial charge in [0.25, 0.3) is 0 Å². The third kappa shape index (κ3) is 2.68. The summed E-state index contributed by atoms with van der Waals surface area (Å²) in [4.78, 5) is 13.5. The first-order valence-corrected chi connectivity index (χ1v) is 6.18. The molecule has 0 N–H and O–H groups in total. The molecule has 1 fully saturated rings. The molecule has 0 radical (unpaired) electrons. The fraction of sp³-hybridized carbons (Fsp3) is 0.429. The minimum absolute atomic E-state index is 0.0352. The predicted octanol–water partition coefficient (Wildman–Crippen LogP) is 2.09. The van der Waals surface area contributed by atoms with Crippen molar-refractivity contribution in [2.45, 2.75) is 12.8 Å². The standard InChI is InChI=1S/C14H15FN2O2/c1-19-14(18)10-4-3-7-17(9-10)13-6-2-5-12(15)11(13)8-16/h2,5-6,10H,3-4,7,9H2,1H3. The molecule has 5 heteroatoms. The lowest BCUT2D eigenvalue weighted by atomic mass is 9.97. The van der Waals surface area contributed by atoms with Gasteiger partial charge in [-0.2, -0.15) is 5.26 Å². The van der Waals surface area contributed by atoms with Gasteiger partial charge in [-0.15, -0.1) is 0 Å². The maximum absolute atomic E-state index is 13.6. The van der Waals surface area contributed by atoms with E-state index in [2.05, 4.69) is 0 Å². The van der Waals surface area contributed by atoms with Crippen LogP contribution in [0.2, 0.25) is 0 Å². The van der Waals surface area contributed by atoms with Gasteiger partial charge in [-0.1, -0.05) is 6.07 Å². The van der Waals surface area contributed by atoms with E-state index >= 15 is 0 Å². The number of carbonyl (C=O) groups excluding carboxylic acids is 1. The number of hydrogen-bond acceptors (Lipinski definition) is 4. The van der Waals surface area contributed by atoms with Crippen LogP contribution in [0.3, 0.4) is 0 Å². The molecule has 19 heavy (non-hydrogen) atoms. The number of benzene rings is 1. The SMILES string of the molecule is COC(=O)C1CCCN(c2cccc(F)c2C#N)C1. The molecule has 1 saturated heterocycles. The van der Waals surface area contributed by atoms with E-state index in [1.165, 1.54) is 13.2 Å². The molecule has 0 spiro atoms. The first-order chi connectivity index (χ1) is 9.17. The summed E-state index contributed by atoms with van der Waals surface area (Å²) in [5, 5.41) is 9.04. The van der Waals surface area contributed by atoms with Gasteiger partial charge in [0, 0.05) is 13.1 Å². The van der Waals surface area contributed by atoms with Crippen molar-refractivity contribution in [3.63, 3.8) is 0 Å². The Hall–Kier alpha value is -2.09. The number of nitrogens with zero attached hydrogens (tertiary/aromatic N) is 2. The molecule has 1 heterocycles. The summed E-state index contributed by atoms with van der Waals surface area (Å²) in [5.74, 6) is -0.992. The third-order valence-corrected chi connectivity index (χ3v) is 3.40. The van der Waals surface area contributed by atoms with Crippen molar-refractivity contribution in [1.29, 1.82) is 5.26 Å². The summed E-state index contributed by atoms with van der Waals surface area (Å²) in [7, 11) is 1.37. The van der Waals surface area contributed by atoms with E-state index in [1.54, 1.807) is 12.1 Å². The summed E-state index contributed by atoms with van der Waals surface area (Å²) in [5.41, 5.74) is 0.587. The Morgan fingerprint density at radius 1 is 1.58 bits per heavy atom. The number of anilines is 1. The van der Waals surface area contributed by atoms with E-state index in [0.717, 1.165) is 12.8 Å². The van der Waals surface area contributed by atoms with Crippen LogP contribution in [-0.4, -0.2) is 26.2 Å². The molecule has 1 aromatic carbocycles. The molecule has 2 rings (SSSR count). The van der Waals surface area contributed by atoms with Crippen LogP contribution in [0.1, 0.15) is 18.4 Å². The highest BCUT2D eigenvalue weighted by molar-refractivity contribution is 5.74. The molecule has 1 atom stereocenters. The highest BCUT2D eigenvalue weighted by atomic mass is 19.1. The van der Waals surface area contributed by atoms with Gasteiger partial charge in [-0.05, 0) is 25.0 Å². The quantitative estimate of drug-likeness (QED) is 0.766. The number of carbonyl (C=O) groups is 1. The van der Waals surface area contributed by atoms with Gasteiger partial charge in [0.05, 0.1) is 18.7 Å². The van der Waals surface area contributed by atoms with E-state index in [4.69, 9.17) is 10.00 Å². The van der Waals surface area contributed by atoms with Crippen LogP contribution >= 0.6 is 0 Å².